The first-order chi connectivity index (χ1) is 10.2. The van der Waals surface area contributed by atoms with E-state index in [0.717, 1.165) is 31.1 Å². The number of carboxylic acid groups (broad SMARTS) is 1. The van der Waals surface area contributed by atoms with E-state index in [1.54, 1.807) is 11.3 Å². The van der Waals surface area contributed by atoms with Gasteiger partial charge in [-0.3, -0.25) is 0 Å². The van der Waals surface area contributed by atoms with Gasteiger partial charge in [-0.15, -0.1) is 11.3 Å². The number of nitrogens with one attached hydrogen (secondary N) is 1. The Morgan fingerprint density at radius 1 is 1.33 bits per heavy atom. The molecular formula is C13H15N5O2S. The number of aromatic carboxylic acids is 1. The summed E-state index contributed by atoms with van der Waals surface area (Å²) in [5, 5.41) is 15.2. The normalized spacial score (nSPS) is 15.9. The number of rotatable bonds is 4. The van der Waals surface area contributed by atoms with Crippen molar-refractivity contribution in [2.75, 3.05) is 23.3 Å². The number of hydrogen-bond acceptors (Lipinski definition) is 7. The summed E-state index contributed by atoms with van der Waals surface area (Å²) in [5.74, 6) is -0.665. The highest BCUT2D eigenvalue weighted by molar-refractivity contribution is 7.13. The maximum atomic E-state index is 10.9. The Bertz CT molecular complexity index is 611. The molecule has 3 heterocycles. The van der Waals surface area contributed by atoms with Gasteiger partial charge in [0, 0.05) is 36.9 Å². The molecule has 0 atom stereocenters. The molecule has 0 bridgehead atoms. The van der Waals surface area contributed by atoms with Crippen molar-refractivity contribution in [1.29, 1.82) is 0 Å². The van der Waals surface area contributed by atoms with Crippen LogP contribution in [0, 0.1) is 0 Å². The van der Waals surface area contributed by atoms with Gasteiger partial charge in [-0.1, -0.05) is 0 Å². The highest BCUT2D eigenvalue weighted by atomic mass is 32.1. The van der Waals surface area contributed by atoms with Gasteiger partial charge in [0.25, 0.3) is 0 Å². The Morgan fingerprint density at radius 3 is 2.81 bits per heavy atom. The molecule has 8 heteroatoms. The van der Waals surface area contributed by atoms with E-state index in [2.05, 4.69) is 25.2 Å². The molecule has 0 aromatic carbocycles. The van der Waals surface area contributed by atoms with Crippen molar-refractivity contribution < 1.29 is 9.90 Å². The van der Waals surface area contributed by atoms with Gasteiger partial charge in [-0.2, -0.15) is 0 Å². The molecule has 2 aromatic heterocycles. The lowest BCUT2D eigenvalue weighted by Crippen LogP contribution is -2.39. The summed E-state index contributed by atoms with van der Waals surface area (Å²) in [7, 11) is 0. The molecular weight excluding hydrogens is 290 g/mol. The minimum Gasteiger partial charge on any atom is -0.477 e. The molecule has 0 spiro atoms. The summed E-state index contributed by atoms with van der Waals surface area (Å²) < 4.78 is 0. The van der Waals surface area contributed by atoms with Crippen molar-refractivity contribution in [1.82, 2.24) is 15.0 Å². The van der Waals surface area contributed by atoms with Crippen LogP contribution < -0.4 is 10.2 Å². The zero-order chi connectivity index (χ0) is 14.7. The summed E-state index contributed by atoms with van der Waals surface area (Å²) in [6.45, 7) is 1.84. The van der Waals surface area contributed by atoms with Gasteiger partial charge in [0.1, 0.15) is 0 Å². The van der Waals surface area contributed by atoms with Gasteiger partial charge in [0.2, 0.25) is 5.95 Å². The molecule has 0 unspecified atom stereocenters. The number of thiazole rings is 1. The molecule has 0 amide bonds. The first-order valence-electron chi connectivity index (χ1n) is 6.69. The average Bonchev–Trinajstić information content (AvgIpc) is 3.02. The highest BCUT2D eigenvalue weighted by Crippen LogP contribution is 2.23. The molecule has 110 valence electrons. The van der Waals surface area contributed by atoms with Crippen LogP contribution in [0.25, 0.3) is 0 Å². The average molecular weight is 305 g/mol. The second-order valence-corrected chi connectivity index (χ2v) is 5.66. The third kappa shape index (κ3) is 3.27. The summed E-state index contributed by atoms with van der Waals surface area (Å²) in [4.78, 5) is 25.5. The molecule has 1 aliphatic heterocycles. The lowest BCUT2D eigenvalue weighted by molar-refractivity contribution is 0.0690. The fourth-order valence-corrected chi connectivity index (χ4v) is 3.01. The van der Waals surface area contributed by atoms with Crippen molar-refractivity contribution >= 4 is 28.4 Å². The zero-order valence-corrected chi connectivity index (χ0v) is 12.1. The number of anilines is 2. The van der Waals surface area contributed by atoms with Crippen LogP contribution in [0.5, 0.6) is 0 Å². The predicted octanol–water partition coefficient (Wildman–Crippen LogP) is 1.71. The third-order valence-corrected chi connectivity index (χ3v) is 4.22. The fourth-order valence-electron chi connectivity index (χ4n) is 2.32. The van der Waals surface area contributed by atoms with E-state index in [1.807, 2.05) is 11.6 Å². The van der Waals surface area contributed by atoms with Crippen molar-refractivity contribution in [3.05, 3.63) is 29.5 Å². The minimum absolute atomic E-state index is 0.00715. The van der Waals surface area contributed by atoms with Crippen molar-refractivity contribution in [2.24, 2.45) is 0 Å². The van der Waals surface area contributed by atoms with Crippen LogP contribution in [0.2, 0.25) is 0 Å². The van der Waals surface area contributed by atoms with Crippen LogP contribution in [0.3, 0.4) is 0 Å². The van der Waals surface area contributed by atoms with Gasteiger partial charge in [-0.25, -0.2) is 19.7 Å². The van der Waals surface area contributed by atoms with E-state index >= 15 is 0 Å². The van der Waals surface area contributed by atoms with Crippen LogP contribution in [0.15, 0.2) is 23.8 Å². The van der Waals surface area contributed by atoms with Gasteiger partial charge >= 0.3 is 5.97 Å². The van der Waals surface area contributed by atoms with E-state index in [4.69, 9.17) is 5.11 Å². The maximum Gasteiger partial charge on any atom is 0.354 e. The minimum atomic E-state index is -1.04. The zero-order valence-electron chi connectivity index (χ0n) is 11.3. The second-order valence-electron chi connectivity index (χ2n) is 4.79. The summed E-state index contributed by atoms with van der Waals surface area (Å²) in [5.41, 5.74) is 0.00715. The first kappa shape index (κ1) is 13.7. The molecule has 2 aromatic rings. The van der Waals surface area contributed by atoms with Crippen LogP contribution in [0.4, 0.5) is 11.1 Å². The second kappa shape index (κ2) is 6.04. The number of nitrogens with zero attached hydrogens (tertiary/aromatic N) is 4. The number of carboxylic acids is 1. The maximum absolute atomic E-state index is 10.9. The molecule has 1 aliphatic rings. The molecule has 0 radical (unpaired) electrons. The lowest BCUT2D eigenvalue weighted by Gasteiger charge is -2.32. The van der Waals surface area contributed by atoms with Crippen LogP contribution in [-0.2, 0) is 0 Å². The summed E-state index contributed by atoms with van der Waals surface area (Å²) in [6.07, 6.45) is 5.17. The molecule has 2 N–H and O–H groups in total. The molecule has 0 saturated carbocycles. The Balaban J connectivity index is 1.58. The highest BCUT2D eigenvalue weighted by Gasteiger charge is 2.21. The molecule has 3 rings (SSSR count). The number of aromatic nitrogens is 3. The predicted molar refractivity (Wildman–Crippen MR) is 80.0 cm³/mol. The SMILES string of the molecule is O=C(O)c1ccnc(NC2CCN(c3nccs3)CC2)n1. The van der Waals surface area contributed by atoms with Gasteiger partial charge in [0.05, 0.1) is 0 Å². The van der Waals surface area contributed by atoms with Gasteiger partial charge < -0.3 is 15.3 Å². The van der Waals surface area contributed by atoms with Crippen LogP contribution in [0.1, 0.15) is 23.3 Å². The Hall–Kier alpha value is -2.22. The largest absolute Gasteiger partial charge is 0.477 e. The van der Waals surface area contributed by atoms with Crippen LogP contribution >= 0.6 is 11.3 Å². The number of hydrogen-bond donors (Lipinski definition) is 2. The Kier molecular flexibility index (Phi) is 3.96. The van der Waals surface area contributed by atoms with Gasteiger partial charge in [-0.05, 0) is 18.9 Å². The van der Waals surface area contributed by atoms with E-state index in [1.165, 1.54) is 12.3 Å². The number of piperidine rings is 1. The van der Waals surface area contributed by atoms with E-state index in [0.29, 0.717) is 5.95 Å². The monoisotopic (exact) mass is 305 g/mol. The first-order valence-corrected chi connectivity index (χ1v) is 7.57. The Morgan fingerprint density at radius 2 is 2.14 bits per heavy atom. The topological polar surface area (TPSA) is 91.2 Å². The van der Waals surface area contributed by atoms with Crippen molar-refractivity contribution in [3.63, 3.8) is 0 Å². The standard InChI is InChI=1S/C13H15N5O2S/c19-11(20)10-1-4-14-12(17-10)16-9-2-6-18(7-3-9)13-15-5-8-21-13/h1,4-5,8-9H,2-3,6-7H2,(H,19,20)(H,14,16,17). The van der Waals surface area contributed by atoms with Crippen LogP contribution in [-0.4, -0.2) is 45.2 Å². The third-order valence-electron chi connectivity index (χ3n) is 3.39. The summed E-state index contributed by atoms with van der Waals surface area (Å²) in [6, 6.07) is 1.64. The van der Waals surface area contributed by atoms with E-state index in [9.17, 15) is 4.79 Å². The molecule has 1 saturated heterocycles. The molecule has 21 heavy (non-hydrogen) atoms. The molecule has 7 nitrogen and oxygen atoms in total. The smallest absolute Gasteiger partial charge is 0.354 e. The van der Waals surface area contributed by atoms with E-state index < -0.39 is 5.97 Å². The summed E-state index contributed by atoms with van der Waals surface area (Å²) >= 11 is 1.64. The fraction of sp³-hybridized carbons (Fsp3) is 0.385. The molecule has 1 fully saturated rings. The van der Waals surface area contributed by atoms with E-state index in [-0.39, 0.29) is 11.7 Å². The number of carbonyl (C=O) groups is 1. The van der Waals surface area contributed by atoms with Crippen molar-refractivity contribution in [3.8, 4) is 0 Å². The van der Waals surface area contributed by atoms with Crippen molar-refractivity contribution in [2.45, 2.75) is 18.9 Å². The lowest BCUT2D eigenvalue weighted by atomic mass is 10.1. The Labute approximate surface area is 125 Å². The van der Waals surface area contributed by atoms with Gasteiger partial charge in [0.15, 0.2) is 10.8 Å². The quantitative estimate of drug-likeness (QED) is 0.888. The molecule has 0 aliphatic carbocycles.